The third-order valence-electron chi connectivity index (χ3n) is 2.43. The molecule has 0 atom stereocenters. The molecule has 0 spiro atoms. The lowest BCUT2D eigenvalue weighted by atomic mass is 10.0. The first-order chi connectivity index (χ1) is 7.89. The Morgan fingerprint density at radius 3 is 2.53 bits per heavy atom. The zero-order valence-electron chi connectivity index (χ0n) is 8.88. The average Bonchev–Trinajstić information content (AvgIpc) is 2.73. The monoisotopic (exact) mass is 258 g/mol. The summed E-state index contributed by atoms with van der Waals surface area (Å²) in [5.41, 5.74) is 5.48. The van der Waals surface area contributed by atoms with Crippen molar-refractivity contribution in [2.24, 2.45) is 0 Å². The van der Waals surface area contributed by atoms with E-state index in [2.05, 4.69) is 4.98 Å². The summed E-state index contributed by atoms with van der Waals surface area (Å²) in [6.45, 7) is 1.36. The second kappa shape index (κ2) is 4.03. The van der Waals surface area contributed by atoms with Gasteiger partial charge in [0.1, 0.15) is 5.01 Å². The van der Waals surface area contributed by atoms with Gasteiger partial charge in [0.15, 0.2) is 0 Å². The maximum absolute atomic E-state index is 12.8. The largest absolute Gasteiger partial charge is 0.416 e. The summed E-state index contributed by atoms with van der Waals surface area (Å²) < 4.78 is 38.3. The highest BCUT2D eigenvalue weighted by molar-refractivity contribution is 7.13. The van der Waals surface area contributed by atoms with Crippen LogP contribution in [-0.4, -0.2) is 4.98 Å². The molecule has 2 aromatic rings. The Morgan fingerprint density at radius 2 is 2.00 bits per heavy atom. The number of rotatable bonds is 1. The molecular weight excluding hydrogens is 249 g/mol. The van der Waals surface area contributed by atoms with Crippen LogP contribution in [-0.2, 0) is 6.18 Å². The Labute approximate surface area is 99.9 Å². The first-order valence-electron chi connectivity index (χ1n) is 4.77. The van der Waals surface area contributed by atoms with Gasteiger partial charge in [-0.2, -0.15) is 13.2 Å². The summed E-state index contributed by atoms with van der Waals surface area (Å²) in [5.74, 6) is 0. The Balaban J connectivity index is 2.62. The molecular formula is C11H9F3N2S. The Kier molecular flexibility index (Phi) is 2.82. The van der Waals surface area contributed by atoms with E-state index in [1.54, 1.807) is 11.6 Å². The second-order valence-electron chi connectivity index (χ2n) is 3.57. The molecule has 2 nitrogen and oxygen atoms in total. The van der Waals surface area contributed by atoms with Gasteiger partial charge in [-0.3, -0.25) is 0 Å². The fourth-order valence-electron chi connectivity index (χ4n) is 1.52. The van der Waals surface area contributed by atoms with Crippen LogP contribution in [0.3, 0.4) is 0 Å². The predicted molar refractivity (Wildman–Crippen MR) is 61.7 cm³/mol. The molecule has 17 heavy (non-hydrogen) atoms. The number of anilines is 1. The van der Waals surface area contributed by atoms with Gasteiger partial charge in [0, 0.05) is 22.8 Å². The van der Waals surface area contributed by atoms with Gasteiger partial charge in [-0.05, 0) is 24.6 Å². The highest BCUT2D eigenvalue weighted by Crippen LogP contribution is 2.37. The van der Waals surface area contributed by atoms with Crippen molar-refractivity contribution < 1.29 is 13.2 Å². The van der Waals surface area contributed by atoms with E-state index >= 15 is 0 Å². The minimum atomic E-state index is -4.40. The van der Waals surface area contributed by atoms with Crippen LogP contribution in [0.4, 0.5) is 18.9 Å². The number of nitrogens with two attached hydrogens (primary N) is 1. The first-order valence-corrected chi connectivity index (χ1v) is 5.64. The fourth-order valence-corrected chi connectivity index (χ4v) is 2.15. The van der Waals surface area contributed by atoms with Gasteiger partial charge >= 0.3 is 6.18 Å². The standard InChI is InChI=1S/C11H9F3N2S/c1-6-8(11(12,13)14)4-7(5-9(6)15)10-16-2-3-17-10/h2-5H,15H2,1H3. The van der Waals surface area contributed by atoms with Gasteiger partial charge in [0.2, 0.25) is 0 Å². The highest BCUT2D eigenvalue weighted by Gasteiger charge is 2.33. The van der Waals surface area contributed by atoms with Crippen molar-refractivity contribution in [2.45, 2.75) is 13.1 Å². The van der Waals surface area contributed by atoms with Gasteiger partial charge < -0.3 is 5.73 Å². The summed E-state index contributed by atoms with van der Waals surface area (Å²) in [5, 5.41) is 2.24. The van der Waals surface area contributed by atoms with Crippen molar-refractivity contribution >= 4 is 17.0 Å². The maximum atomic E-state index is 12.8. The topological polar surface area (TPSA) is 38.9 Å². The Hall–Kier alpha value is -1.56. The lowest BCUT2D eigenvalue weighted by Gasteiger charge is -2.13. The number of alkyl halides is 3. The molecule has 0 bridgehead atoms. The van der Waals surface area contributed by atoms with Crippen molar-refractivity contribution in [1.82, 2.24) is 4.98 Å². The molecule has 1 heterocycles. The Morgan fingerprint density at radius 1 is 1.29 bits per heavy atom. The van der Waals surface area contributed by atoms with Crippen LogP contribution in [0.15, 0.2) is 23.7 Å². The predicted octanol–water partition coefficient (Wildman–Crippen LogP) is 3.72. The van der Waals surface area contributed by atoms with Crippen molar-refractivity contribution in [3.63, 3.8) is 0 Å². The molecule has 0 aliphatic carbocycles. The zero-order chi connectivity index (χ0) is 12.6. The number of hydrogen-bond acceptors (Lipinski definition) is 3. The third kappa shape index (κ3) is 2.26. The molecule has 2 rings (SSSR count). The summed E-state index contributed by atoms with van der Waals surface area (Å²) in [7, 11) is 0. The van der Waals surface area contributed by atoms with E-state index in [9.17, 15) is 13.2 Å². The van der Waals surface area contributed by atoms with Crippen LogP contribution >= 0.6 is 11.3 Å². The number of nitrogens with zero attached hydrogens (tertiary/aromatic N) is 1. The van der Waals surface area contributed by atoms with Crippen LogP contribution in [0.1, 0.15) is 11.1 Å². The number of hydrogen-bond donors (Lipinski definition) is 1. The lowest BCUT2D eigenvalue weighted by molar-refractivity contribution is -0.137. The number of halogens is 3. The first kappa shape index (κ1) is 11.9. The minimum Gasteiger partial charge on any atom is -0.398 e. The zero-order valence-corrected chi connectivity index (χ0v) is 9.69. The van der Waals surface area contributed by atoms with E-state index in [0.717, 1.165) is 6.07 Å². The molecule has 0 saturated heterocycles. The molecule has 6 heteroatoms. The van der Waals surface area contributed by atoms with Crippen LogP contribution in [0.25, 0.3) is 10.6 Å². The molecule has 90 valence electrons. The molecule has 2 N–H and O–H groups in total. The Bertz CT molecular complexity index is 532. The normalized spacial score (nSPS) is 11.8. The molecule has 1 aromatic heterocycles. The van der Waals surface area contributed by atoms with Gasteiger partial charge in [0.25, 0.3) is 0 Å². The van der Waals surface area contributed by atoms with E-state index in [1.807, 2.05) is 0 Å². The third-order valence-corrected chi connectivity index (χ3v) is 3.25. The molecule has 0 amide bonds. The molecule has 1 aromatic carbocycles. The van der Waals surface area contributed by atoms with Crippen molar-refractivity contribution in [1.29, 1.82) is 0 Å². The summed E-state index contributed by atoms with van der Waals surface area (Å²) in [6.07, 6.45) is -2.85. The number of benzene rings is 1. The molecule has 0 aliphatic heterocycles. The fraction of sp³-hybridized carbons (Fsp3) is 0.182. The molecule has 0 unspecified atom stereocenters. The van der Waals surface area contributed by atoms with E-state index in [1.165, 1.54) is 24.3 Å². The average molecular weight is 258 g/mol. The van der Waals surface area contributed by atoms with E-state index in [4.69, 9.17) is 5.73 Å². The summed E-state index contributed by atoms with van der Waals surface area (Å²) >= 11 is 1.28. The minimum absolute atomic E-state index is 0.0535. The van der Waals surface area contributed by atoms with Gasteiger partial charge in [-0.15, -0.1) is 11.3 Å². The van der Waals surface area contributed by atoms with E-state index in [0.29, 0.717) is 10.6 Å². The van der Waals surface area contributed by atoms with Crippen LogP contribution in [0.5, 0.6) is 0 Å². The molecule has 0 fully saturated rings. The lowest BCUT2D eigenvalue weighted by Crippen LogP contribution is -2.09. The van der Waals surface area contributed by atoms with Crippen LogP contribution < -0.4 is 5.73 Å². The van der Waals surface area contributed by atoms with Gasteiger partial charge in [-0.25, -0.2) is 4.98 Å². The number of thiazole rings is 1. The maximum Gasteiger partial charge on any atom is 0.416 e. The molecule has 0 saturated carbocycles. The van der Waals surface area contributed by atoms with Crippen molar-refractivity contribution in [2.75, 3.05) is 5.73 Å². The quantitative estimate of drug-likeness (QED) is 0.792. The van der Waals surface area contributed by atoms with Crippen molar-refractivity contribution in [3.05, 3.63) is 34.8 Å². The number of nitrogen functional groups attached to an aromatic ring is 1. The van der Waals surface area contributed by atoms with Gasteiger partial charge in [-0.1, -0.05) is 0 Å². The molecule has 0 aliphatic rings. The molecule has 0 radical (unpaired) electrons. The van der Waals surface area contributed by atoms with Gasteiger partial charge in [0.05, 0.1) is 5.56 Å². The van der Waals surface area contributed by atoms with Crippen molar-refractivity contribution in [3.8, 4) is 10.6 Å². The van der Waals surface area contributed by atoms with E-state index in [-0.39, 0.29) is 11.3 Å². The smallest absolute Gasteiger partial charge is 0.398 e. The number of aromatic nitrogens is 1. The SMILES string of the molecule is Cc1c(N)cc(-c2nccs2)cc1C(F)(F)F. The summed E-state index contributed by atoms with van der Waals surface area (Å²) in [4.78, 5) is 3.98. The highest BCUT2D eigenvalue weighted by atomic mass is 32.1. The summed E-state index contributed by atoms with van der Waals surface area (Å²) in [6, 6.07) is 2.61. The van der Waals surface area contributed by atoms with Crippen LogP contribution in [0.2, 0.25) is 0 Å². The van der Waals surface area contributed by atoms with Crippen LogP contribution in [0, 0.1) is 6.92 Å². The second-order valence-corrected chi connectivity index (χ2v) is 4.47. The van der Waals surface area contributed by atoms with E-state index < -0.39 is 11.7 Å².